The summed E-state index contributed by atoms with van der Waals surface area (Å²) in [5.74, 6) is 0.00427. The van der Waals surface area contributed by atoms with Crippen LogP contribution in [0, 0.1) is 5.92 Å². The fourth-order valence-corrected chi connectivity index (χ4v) is 2.34. The second kappa shape index (κ2) is 8.33. The van der Waals surface area contributed by atoms with Crippen molar-refractivity contribution < 1.29 is 23.5 Å². The molecular weight excluding hydrogens is 336 g/mol. The SMILES string of the molecule is O=C(CCCNC(=O)c1ccco1)Oc1cccc(NC(=O)C2CC2)c1. The molecule has 136 valence electrons. The molecule has 3 rings (SSSR count). The Morgan fingerprint density at radius 2 is 2.00 bits per heavy atom. The molecule has 0 spiro atoms. The van der Waals surface area contributed by atoms with Gasteiger partial charge in [-0.1, -0.05) is 6.07 Å². The Balaban J connectivity index is 1.39. The summed E-state index contributed by atoms with van der Waals surface area (Å²) in [5, 5.41) is 5.47. The Morgan fingerprint density at radius 1 is 1.15 bits per heavy atom. The molecular formula is C19H20N2O5. The maximum Gasteiger partial charge on any atom is 0.311 e. The highest BCUT2D eigenvalue weighted by atomic mass is 16.5. The maximum atomic E-state index is 11.9. The van der Waals surface area contributed by atoms with Crippen molar-refractivity contribution in [2.45, 2.75) is 25.7 Å². The van der Waals surface area contributed by atoms with Crippen LogP contribution in [0.4, 0.5) is 5.69 Å². The first-order chi connectivity index (χ1) is 12.6. The lowest BCUT2D eigenvalue weighted by molar-refractivity contribution is -0.134. The van der Waals surface area contributed by atoms with Crippen molar-refractivity contribution in [3.05, 3.63) is 48.4 Å². The Morgan fingerprint density at radius 3 is 2.73 bits per heavy atom. The molecule has 1 saturated carbocycles. The fraction of sp³-hybridized carbons (Fsp3) is 0.316. The quantitative estimate of drug-likeness (QED) is 0.431. The minimum Gasteiger partial charge on any atom is -0.459 e. The number of furan rings is 1. The number of hydrogen-bond acceptors (Lipinski definition) is 5. The lowest BCUT2D eigenvalue weighted by Crippen LogP contribution is -2.24. The monoisotopic (exact) mass is 356 g/mol. The topological polar surface area (TPSA) is 97.6 Å². The van der Waals surface area contributed by atoms with E-state index >= 15 is 0 Å². The van der Waals surface area contributed by atoms with E-state index in [9.17, 15) is 14.4 Å². The number of anilines is 1. The summed E-state index contributed by atoms with van der Waals surface area (Å²) in [6, 6.07) is 9.95. The van der Waals surface area contributed by atoms with Crippen LogP contribution in [0.25, 0.3) is 0 Å². The molecule has 26 heavy (non-hydrogen) atoms. The lowest BCUT2D eigenvalue weighted by Gasteiger charge is -2.08. The average molecular weight is 356 g/mol. The summed E-state index contributed by atoms with van der Waals surface area (Å²) in [7, 11) is 0. The van der Waals surface area contributed by atoms with E-state index in [-0.39, 0.29) is 29.9 Å². The van der Waals surface area contributed by atoms with Gasteiger partial charge in [-0.05, 0) is 43.5 Å². The van der Waals surface area contributed by atoms with Crippen LogP contribution in [0.15, 0.2) is 47.1 Å². The van der Waals surface area contributed by atoms with Crippen LogP contribution in [0.1, 0.15) is 36.2 Å². The van der Waals surface area contributed by atoms with E-state index in [4.69, 9.17) is 9.15 Å². The van der Waals surface area contributed by atoms with E-state index in [1.165, 1.54) is 6.26 Å². The van der Waals surface area contributed by atoms with Gasteiger partial charge in [-0.15, -0.1) is 0 Å². The van der Waals surface area contributed by atoms with Gasteiger partial charge in [0.15, 0.2) is 5.76 Å². The molecule has 0 bridgehead atoms. The minimum atomic E-state index is -0.400. The first kappa shape index (κ1) is 17.7. The van der Waals surface area contributed by atoms with E-state index in [1.807, 2.05) is 0 Å². The highest BCUT2D eigenvalue weighted by Crippen LogP contribution is 2.30. The number of nitrogens with one attached hydrogen (secondary N) is 2. The second-order valence-corrected chi connectivity index (χ2v) is 6.10. The highest BCUT2D eigenvalue weighted by molar-refractivity contribution is 5.94. The first-order valence-corrected chi connectivity index (χ1v) is 8.55. The zero-order valence-corrected chi connectivity index (χ0v) is 14.2. The van der Waals surface area contributed by atoms with Crippen molar-refractivity contribution in [2.24, 2.45) is 5.92 Å². The van der Waals surface area contributed by atoms with E-state index < -0.39 is 5.97 Å². The molecule has 0 aliphatic heterocycles. The Bertz CT molecular complexity index is 781. The van der Waals surface area contributed by atoms with Gasteiger partial charge in [0.05, 0.1) is 6.26 Å². The van der Waals surface area contributed by atoms with Crippen molar-refractivity contribution in [1.29, 1.82) is 0 Å². The molecule has 2 N–H and O–H groups in total. The van der Waals surface area contributed by atoms with E-state index in [0.29, 0.717) is 24.4 Å². The van der Waals surface area contributed by atoms with Crippen molar-refractivity contribution in [3.63, 3.8) is 0 Å². The predicted molar refractivity (Wildman–Crippen MR) is 93.7 cm³/mol. The van der Waals surface area contributed by atoms with E-state index in [0.717, 1.165) is 12.8 Å². The van der Waals surface area contributed by atoms with Crippen LogP contribution < -0.4 is 15.4 Å². The van der Waals surface area contributed by atoms with E-state index in [1.54, 1.807) is 36.4 Å². The number of carbonyl (C=O) groups is 3. The summed E-state index contributed by atoms with van der Waals surface area (Å²) in [6.45, 7) is 0.339. The van der Waals surface area contributed by atoms with Gasteiger partial charge in [-0.25, -0.2) is 0 Å². The van der Waals surface area contributed by atoms with Crippen LogP contribution in [0.5, 0.6) is 5.75 Å². The molecule has 1 aromatic heterocycles. The normalized spacial score (nSPS) is 13.1. The van der Waals surface area contributed by atoms with Gasteiger partial charge in [0.1, 0.15) is 5.75 Å². The Kier molecular flexibility index (Phi) is 5.68. The van der Waals surface area contributed by atoms with Gasteiger partial charge in [-0.2, -0.15) is 0 Å². The molecule has 1 aliphatic carbocycles. The first-order valence-electron chi connectivity index (χ1n) is 8.55. The molecule has 1 aliphatic rings. The van der Waals surface area contributed by atoms with Gasteiger partial charge in [0.25, 0.3) is 5.91 Å². The zero-order chi connectivity index (χ0) is 18.4. The van der Waals surface area contributed by atoms with Crippen LogP contribution in [0.3, 0.4) is 0 Å². The largest absolute Gasteiger partial charge is 0.459 e. The lowest BCUT2D eigenvalue weighted by atomic mass is 10.2. The molecule has 0 atom stereocenters. The number of esters is 1. The number of hydrogen-bond donors (Lipinski definition) is 2. The van der Waals surface area contributed by atoms with Crippen molar-refractivity contribution in [1.82, 2.24) is 5.32 Å². The number of amides is 2. The van der Waals surface area contributed by atoms with Crippen LogP contribution in [-0.2, 0) is 9.59 Å². The molecule has 0 saturated heterocycles. The maximum absolute atomic E-state index is 11.9. The number of carbonyl (C=O) groups excluding carboxylic acids is 3. The van der Waals surface area contributed by atoms with Crippen LogP contribution >= 0.6 is 0 Å². The van der Waals surface area contributed by atoms with Gasteiger partial charge in [-0.3, -0.25) is 14.4 Å². The average Bonchev–Trinajstić information content (AvgIpc) is 3.33. The molecule has 0 unspecified atom stereocenters. The minimum absolute atomic E-state index is 0.000718. The molecule has 2 aromatic rings. The summed E-state index contributed by atoms with van der Waals surface area (Å²) in [4.78, 5) is 35.3. The highest BCUT2D eigenvalue weighted by Gasteiger charge is 2.29. The predicted octanol–water partition coefficient (Wildman–Crippen LogP) is 2.74. The third kappa shape index (κ3) is 5.20. The van der Waals surface area contributed by atoms with Crippen molar-refractivity contribution in [3.8, 4) is 5.75 Å². The van der Waals surface area contributed by atoms with E-state index in [2.05, 4.69) is 10.6 Å². The molecule has 0 radical (unpaired) electrons. The second-order valence-electron chi connectivity index (χ2n) is 6.10. The number of rotatable bonds is 8. The Labute approximate surface area is 150 Å². The molecule has 1 aromatic carbocycles. The third-order valence-electron chi connectivity index (χ3n) is 3.87. The van der Waals surface area contributed by atoms with Gasteiger partial charge >= 0.3 is 5.97 Å². The van der Waals surface area contributed by atoms with Crippen LogP contribution in [-0.4, -0.2) is 24.3 Å². The van der Waals surface area contributed by atoms with Crippen LogP contribution in [0.2, 0.25) is 0 Å². The zero-order valence-electron chi connectivity index (χ0n) is 14.2. The van der Waals surface area contributed by atoms with Gasteiger partial charge < -0.3 is 19.8 Å². The standard InChI is InChI=1S/C19H20N2O5/c22-17(7-2-10-20-19(24)16-6-3-11-25-16)26-15-5-1-4-14(12-15)21-18(23)13-8-9-13/h1,3-6,11-13H,2,7-10H2,(H,20,24)(H,21,23). The van der Waals surface area contributed by atoms with Crippen molar-refractivity contribution >= 4 is 23.5 Å². The summed E-state index contributed by atoms with van der Waals surface area (Å²) >= 11 is 0. The fourth-order valence-electron chi connectivity index (χ4n) is 2.34. The number of benzene rings is 1. The molecule has 7 heteroatoms. The summed E-state index contributed by atoms with van der Waals surface area (Å²) < 4.78 is 10.2. The summed E-state index contributed by atoms with van der Waals surface area (Å²) in [5.41, 5.74) is 0.609. The molecule has 2 amide bonds. The van der Waals surface area contributed by atoms with Crippen molar-refractivity contribution in [2.75, 3.05) is 11.9 Å². The molecule has 1 fully saturated rings. The summed E-state index contributed by atoms with van der Waals surface area (Å²) in [6.07, 6.45) is 3.89. The Hall–Kier alpha value is -3.09. The molecule has 7 nitrogen and oxygen atoms in total. The molecule has 1 heterocycles. The smallest absolute Gasteiger partial charge is 0.311 e. The third-order valence-corrected chi connectivity index (χ3v) is 3.87. The van der Waals surface area contributed by atoms with Gasteiger partial charge in [0.2, 0.25) is 5.91 Å². The van der Waals surface area contributed by atoms with Gasteiger partial charge in [0, 0.05) is 30.6 Å². The number of ether oxygens (including phenoxy) is 1.